The fourth-order valence-corrected chi connectivity index (χ4v) is 1.03. The van der Waals surface area contributed by atoms with Crippen LogP contribution in [0.1, 0.15) is 11.1 Å². The maximum absolute atomic E-state index is 13.0. The van der Waals surface area contributed by atoms with Gasteiger partial charge in [-0.3, -0.25) is 0 Å². The van der Waals surface area contributed by atoms with Gasteiger partial charge in [-0.25, -0.2) is 4.39 Å². The van der Waals surface area contributed by atoms with E-state index < -0.39 is 17.6 Å². The van der Waals surface area contributed by atoms with Crippen LogP contribution >= 0.6 is 0 Å². The third-order valence-electron chi connectivity index (χ3n) is 1.73. The lowest BCUT2D eigenvalue weighted by Gasteiger charge is -2.07. The quantitative estimate of drug-likeness (QED) is 0.760. The molecule has 1 aromatic carbocycles. The van der Waals surface area contributed by atoms with Crippen LogP contribution in [0.3, 0.4) is 0 Å². The largest absolute Gasteiger partial charge is 0.416 e. The first-order valence-corrected chi connectivity index (χ1v) is 4.09. The molecule has 0 aliphatic heterocycles. The van der Waals surface area contributed by atoms with E-state index >= 15 is 0 Å². The minimum absolute atomic E-state index is 0.195. The molecule has 0 saturated heterocycles. The lowest BCUT2D eigenvalue weighted by atomic mass is 10.1. The Morgan fingerprint density at radius 2 is 1.93 bits per heavy atom. The van der Waals surface area contributed by atoms with Crippen molar-refractivity contribution >= 4 is 6.08 Å². The summed E-state index contributed by atoms with van der Waals surface area (Å²) in [6.07, 6.45) is -2.22. The van der Waals surface area contributed by atoms with Crippen LogP contribution in [0.25, 0.3) is 6.08 Å². The Hall–Kier alpha value is -1.36. The van der Waals surface area contributed by atoms with Crippen LogP contribution in [0.5, 0.6) is 0 Å². The van der Waals surface area contributed by atoms with Gasteiger partial charge in [0.05, 0.1) is 12.2 Å². The Morgan fingerprint density at radius 3 is 2.47 bits per heavy atom. The Kier molecular flexibility index (Phi) is 3.47. The van der Waals surface area contributed by atoms with Crippen LogP contribution in [0.15, 0.2) is 24.3 Å². The predicted octanol–water partition coefficient (Wildman–Crippen LogP) is 2.85. The zero-order chi connectivity index (χ0) is 11.5. The van der Waals surface area contributed by atoms with E-state index in [1.807, 2.05) is 0 Å². The minimum Gasteiger partial charge on any atom is -0.392 e. The van der Waals surface area contributed by atoms with Crippen LogP contribution in [-0.4, -0.2) is 11.7 Å². The van der Waals surface area contributed by atoms with Crippen LogP contribution in [0.4, 0.5) is 17.6 Å². The Bertz CT molecular complexity index is 368. The second kappa shape index (κ2) is 4.44. The molecule has 0 spiro atoms. The molecule has 0 saturated carbocycles. The molecular formula is C10H8F4O. The van der Waals surface area contributed by atoms with E-state index in [1.54, 1.807) is 0 Å². The maximum atomic E-state index is 13.0. The summed E-state index contributed by atoms with van der Waals surface area (Å²) in [4.78, 5) is 0. The molecule has 1 nitrogen and oxygen atoms in total. The lowest BCUT2D eigenvalue weighted by Crippen LogP contribution is -2.05. The molecule has 0 radical (unpaired) electrons. The van der Waals surface area contributed by atoms with Crippen molar-refractivity contribution in [2.75, 3.05) is 6.61 Å². The molecule has 0 heterocycles. The molecule has 0 aliphatic carbocycles. The van der Waals surface area contributed by atoms with Gasteiger partial charge in [-0.05, 0) is 18.2 Å². The highest BCUT2D eigenvalue weighted by Gasteiger charge is 2.30. The smallest absolute Gasteiger partial charge is 0.392 e. The second-order valence-corrected chi connectivity index (χ2v) is 2.82. The van der Waals surface area contributed by atoms with Gasteiger partial charge in [0.1, 0.15) is 5.82 Å². The standard InChI is InChI=1S/C10H8F4O/c11-9-4-3-8(10(12,13)14)6-7(9)2-1-5-15/h1-4,6,15H,5H2/b2-1+. The van der Waals surface area contributed by atoms with Crippen molar-refractivity contribution in [3.63, 3.8) is 0 Å². The van der Waals surface area contributed by atoms with Crippen LogP contribution < -0.4 is 0 Å². The molecule has 0 amide bonds. The molecule has 0 bridgehead atoms. The summed E-state index contributed by atoms with van der Waals surface area (Å²) in [5, 5.41) is 8.42. The molecule has 15 heavy (non-hydrogen) atoms. The normalized spacial score (nSPS) is 12.3. The fraction of sp³-hybridized carbons (Fsp3) is 0.200. The molecule has 0 atom stereocenters. The number of benzene rings is 1. The van der Waals surface area contributed by atoms with Gasteiger partial charge in [0.15, 0.2) is 0 Å². The van der Waals surface area contributed by atoms with Crippen LogP contribution in [-0.2, 0) is 6.18 Å². The number of aliphatic hydroxyl groups is 1. The van der Waals surface area contributed by atoms with Crippen molar-refractivity contribution in [2.45, 2.75) is 6.18 Å². The van der Waals surface area contributed by atoms with Crippen molar-refractivity contribution in [1.29, 1.82) is 0 Å². The van der Waals surface area contributed by atoms with Crippen LogP contribution in [0.2, 0.25) is 0 Å². The van der Waals surface area contributed by atoms with Crippen LogP contribution in [0, 0.1) is 5.82 Å². The summed E-state index contributed by atoms with van der Waals surface area (Å²) in [7, 11) is 0. The Balaban J connectivity index is 3.11. The van der Waals surface area contributed by atoms with Gasteiger partial charge in [-0.15, -0.1) is 0 Å². The molecular weight excluding hydrogens is 212 g/mol. The van der Waals surface area contributed by atoms with Crippen molar-refractivity contribution in [3.05, 3.63) is 41.2 Å². The third kappa shape index (κ3) is 3.06. The third-order valence-corrected chi connectivity index (χ3v) is 1.73. The predicted molar refractivity (Wildman–Crippen MR) is 47.5 cm³/mol. The van der Waals surface area contributed by atoms with Gasteiger partial charge < -0.3 is 5.11 Å². The molecule has 0 unspecified atom stereocenters. The molecule has 0 aliphatic rings. The van der Waals surface area contributed by atoms with E-state index in [0.717, 1.165) is 12.1 Å². The highest BCUT2D eigenvalue weighted by Crippen LogP contribution is 2.30. The molecule has 82 valence electrons. The monoisotopic (exact) mass is 220 g/mol. The summed E-state index contributed by atoms with van der Waals surface area (Å²) < 4.78 is 49.7. The molecule has 0 aromatic heterocycles. The number of alkyl halides is 3. The molecule has 5 heteroatoms. The first kappa shape index (κ1) is 11.7. The molecule has 1 aromatic rings. The summed E-state index contributed by atoms with van der Waals surface area (Å²) >= 11 is 0. The zero-order valence-corrected chi connectivity index (χ0v) is 7.55. The topological polar surface area (TPSA) is 20.2 Å². The number of aliphatic hydroxyl groups excluding tert-OH is 1. The van der Waals surface area contributed by atoms with Gasteiger partial charge >= 0.3 is 6.18 Å². The highest BCUT2D eigenvalue weighted by atomic mass is 19.4. The van der Waals surface area contributed by atoms with Crippen molar-refractivity contribution < 1.29 is 22.7 Å². The van der Waals surface area contributed by atoms with E-state index in [-0.39, 0.29) is 12.2 Å². The zero-order valence-electron chi connectivity index (χ0n) is 7.55. The van der Waals surface area contributed by atoms with Gasteiger partial charge in [0.25, 0.3) is 0 Å². The molecule has 0 fully saturated rings. The molecule has 1 rings (SSSR count). The Morgan fingerprint density at radius 1 is 1.27 bits per heavy atom. The Labute approximate surface area is 83.7 Å². The number of rotatable bonds is 2. The first-order valence-electron chi connectivity index (χ1n) is 4.09. The van der Waals surface area contributed by atoms with Crippen molar-refractivity contribution in [3.8, 4) is 0 Å². The fourth-order valence-electron chi connectivity index (χ4n) is 1.03. The minimum atomic E-state index is -4.49. The average Bonchev–Trinajstić information content (AvgIpc) is 2.15. The number of halogens is 4. The summed E-state index contributed by atoms with van der Waals surface area (Å²) in [6, 6.07) is 2.12. The SMILES string of the molecule is OC/C=C/c1cc(C(F)(F)F)ccc1F. The first-order chi connectivity index (χ1) is 6.95. The number of hydrogen-bond acceptors (Lipinski definition) is 1. The van der Waals surface area contributed by atoms with E-state index in [0.29, 0.717) is 12.1 Å². The van der Waals surface area contributed by atoms with E-state index in [1.165, 1.54) is 6.08 Å². The van der Waals surface area contributed by atoms with E-state index in [9.17, 15) is 17.6 Å². The summed E-state index contributed by atoms with van der Waals surface area (Å²) in [5.74, 6) is -0.757. The van der Waals surface area contributed by atoms with Gasteiger partial charge in [0, 0.05) is 5.56 Å². The van der Waals surface area contributed by atoms with Crippen molar-refractivity contribution in [1.82, 2.24) is 0 Å². The second-order valence-electron chi connectivity index (χ2n) is 2.82. The highest BCUT2D eigenvalue weighted by molar-refractivity contribution is 5.51. The van der Waals surface area contributed by atoms with Crippen molar-refractivity contribution in [2.24, 2.45) is 0 Å². The lowest BCUT2D eigenvalue weighted by molar-refractivity contribution is -0.137. The number of hydrogen-bond donors (Lipinski definition) is 1. The molecule has 1 N–H and O–H groups in total. The van der Waals surface area contributed by atoms with E-state index in [4.69, 9.17) is 5.11 Å². The summed E-state index contributed by atoms with van der Waals surface area (Å²) in [6.45, 7) is -0.352. The van der Waals surface area contributed by atoms with Gasteiger partial charge in [0.2, 0.25) is 0 Å². The maximum Gasteiger partial charge on any atom is 0.416 e. The van der Waals surface area contributed by atoms with E-state index in [2.05, 4.69) is 0 Å². The summed E-state index contributed by atoms with van der Waals surface area (Å²) in [5.41, 5.74) is -1.11. The van der Waals surface area contributed by atoms with Gasteiger partial charge in [-0.2, -0.15) is 13.2 Å². The average molecular weight is 220 g/mol. The van der Waals surface area contributed by atoms with Gasteiger partial charge in [-0.1, -0.05) is 12.2 Å².